The molecule has 0 spiro atoms. The number of amides is 1. The van der Waals surface area contributed by atoms with Crippen LogP contribution in [0.25, 0.3) is 0 Å². The zero-order chi connectivity index (χ0) is 13.8. The molecule has 3 heteroatoms. The van der Waals surface area contributed by atoms with E-state index < -0.39 is 0 Å². The summed E-state index contributed by atoms with van der Waals surface area (Å²) in [4.78, 5) is 18.9. The summed E-state index contributed by atoms with van der Waals surface area (Å²) < 4.78 is 0. The minimum absolute atomic E-state index is 0.171. The fourth-order valence-corrected chi connectivity index (χ4v) is 3.05. The molecule has 1 saturated heterocycles. The standard InChI is InChI=1S/C16H24N2O/c1-4-13(5-2)16(19)18-11-12(3)9-15(18)14-7-6-8-17-10-14/h6-8,10,12-13,15H,4-5,9,11H2,1-3H3/t12-,15-/m0/s1. The van der Waals surface area contributed by atoms with Crippen LogP contribution in [-0.2, 0) is 4.79 Å². The van der Waals surface area contributed by atoms with Gasteiger partial charge in [-0.05, 0) is 36.8 Å². The molecule has 0 saturated carbocycles. The molecule has 0 aliphatic carbocycles. The first-order valence-corrected chi connectivity index (χ1v) is 7.37. The van der Waals surface area contributed by atoms with Gasteiger partial charge in [-0.15, -0.1) is 0 Å². The molecule has 2 rings (SSSR count). The van der Waals surface area contributed by atoms with Gasteiger partial charge in [-0.1, -0.05) is 26.8 Å². The van der Waals surface area contributed by atoms with E-state index in [1.807, 2.05) is 12.3 Å². The Bertz CT molecular complexity index is 414. The number of hydrogen-bond acceptors (Lipinski definition) is 2. The maximum absolute atomic E-state index is 12.6. The quantitative estimate of drug-likeness (QED) is 0.831. The normalized spacial score (nSPS) is 23.1. The maximum atomic E-state index is 12.6. The third kappa shape index (κ3) is 2.96. The Morgan fingerprint density at radius 3 is 2.79 bits per heavy atom. The molecule has 0 aromatic carbocycles. The van der Waals surface area contributed by atoms with E-state index in [0.717, 1.165) is 25.8 Å². The topological polar surface area (TPSA) is 33.2 Å². The van der Waals surface area contributed by atoms with Gasteiger partial charge in [0.15, 0.2) is 0 Å². The molecule has 19 heavy (non-hydrogen) atoms. The Labute approximate surface area is 116 Å². The van der Waals surface area contributed by atoms with E-state index in [4.69, 9.17) is 0 Å². The lowest BCUT2D eigenvalue weighted by Crippen LogP contribution is -2.35. The van der Waals surface area contributed by atoms with Crippen LogP contribution >= 0.6 is 0 Å². The molecule has 1 aliphatic heterocycles. The summed E-state index contributed by atoms with van der Waals surface area (Å²) in [6, 6.07) is 4.26. The van der Waals surface area contributed by atoms with Crippen LogP contribution in [0.3, 0.4) is 0 Å². The largest absolute Gasteiger partial charge is 0.335 e. The van der Waals surface area contributed by atoms with E-state index in [2.05, 4.69) is 36.7 Å². The van der Waals surface area contributed by atoms with Crippen LogP contribution in [0.15, 0.2) is 24.5 Å². The highest BCUT2D eigenvalue weighted by molar-refractivity contribution is 5.79. The Balaban J connectivity index is 2.20. The van der Waals surface area contributed by atoms with Gasteiger partial charge in [0.2, 0.25) is 5.91 Å². The first-order chi connectivity index (χ1) is 9.17. The Morgan fingerprint density at radius 1 is 1.47 bits per heavy atom. The van der Waals surface area contributed by atoms with Crippen molar-refractivity contribution in [3.8, 4) is 0 Å². The molecule has 1 aromatic heterocycles. The molecule has 0 radical (unpaired) electrons. The highest BCUT2D eigenvalue weighted by Crippen LogP contribution is 2.36. The third-order valence-electron chi connectivity index (χ3n) is 4.20. The average molecular weight is 260 g/mol. The van der Waals surface area contributed by atoms with Crippen molar-refractivity contribution in [2.24, 2.45) is 11.8 Å². The van der Waals surface area contributed by atoms with Crippen molar-refractivity contribution in [3.05, 3.63) is 30.1 Å². The summed E-state index contributed by atoms with van der Waals surface area (Å²) in [6.07, 6.45) is 6.60. The molecule has 1 fully saturated rings. The molecule has 0 bridgehead atoms. The maximum Gasteiger partial charge on any atom is 0.226 e. The van der Waals surface area contributed by atoms with Gasteiger partial charge < -0.3 is 4.90 Å². The molecular weight excluding hydrogens is 236 g/mol. The lowest BCUT2D eigenvalue weighted by molar-refractivity contribution is -0.136. The summed E-state index contributed by atoms with van der Waals surface area (Å²) >= 11 is 0. The highest BCUT2D eigenvalue weighted by atomic mass is 16.2. The van der Waals surface area contributed by atoms with E-state index >= 15 is 0 Å². The van der Waals surface area contributed by atoms with Gasteiger partial charge in [0, 0.05) is 24.9 Å². The van der Waals surface area contributed by atoms with Gasteiger partial charge >= 0.3 is 0 Å². The smallest absolute Gasteiger partial charge is 0.226 e. The highest BCUT2D eigenvalue weighted by Gasteiger charge is 2.36. The van der Waals surface area contributed by atoms with E-state index in [9.17, 15) is 4.79 Å². The molecule has 1 amide bonds. The Hall–Kier alpha value is -1.38. The first kappa shape index (κ1) is 14.0. The monoisotopic (exact) mass is 260 g/mol. The van der Waals surface area contributed by atoms with E-state index in [1.165, 1.54) is 5.56 Å². The van der Waals surface area contributed by atoms with Gasteiger partial charge in [-0.2, -0.15) is 0 Å². The molecule has 0 N–H and O–H groups in total. The second-order valence-electron chi connectivity index (χ2n) is 5.65. The molecule has 1 aliphatic rings. The molecule has 3 nitrogen and oxygen atoms in total. The minimum Gasteiger partial charge on any atom is -0.335 e. The van der Waals surface area contributed by atoms with Crippen LogP contribution in [-0.4, -0.2) is 22.3 Å². The molecule has 2 atom stereocenters. The third-order valence-corrected chi connectivity index (χ3v) is 4.20. The van der Waals surface area contributed by atoms with Crippen molar-refractivity contribution < 1.29 is 4.79 Å². The second kappa shape index (κ2) is 6.18. The molecular formula is C16H24N2O. The number of pyridine rings is 1. The zero-order valence-corrected chi connectivity index (χ0v) is 12.2. The number of carbonyl (C=O) groups excluding carboxylic acids is 1. The number of hydrogen-bond donors (Lipinski definition) is 0. The molecule has 1 aromatic rings. The first-order valence-electron chi connectivity index (χ1n) is 7.37. The van der Waals surface area contributed by atoms with Gasteiger partial charge in [-0.3, -0.25) is 9.78 Å². The summed E-state index contributed by atoms with van der Waals surface area (Å²) in [5.41, 5.74) is 1.17. The van der Waals surface area contributed by atoms with E-state index in [-0.39, 0.29) is 12.0 Å². The molecule has 2 heterocycles. The predicted molar refractivity (Wildman–Crippen MR) is 76.5 cm³/mol. The second-order valence-corrected chi connectivity index (χ2v) is 5.65. The zero-order valence-electron chi connectivity index (χ0n) is 12.2. The van der Waals surface area contributed by atoms with Crippen molar-refractivity contribution in [2.45, 2.75) is 46.1 Å². The number of rotatable bonds is 4. The number of likely N-dealkylation sites (tertiary alicyclic amines) is 1. The summed E-state index contributed by atoms with van der Waals surface area (Å²) in [7, 11) is 0. The van der Waals surface area contributed by atoms with Crippen molar-refractivity contribution >= 4 is 5.91 Å². The van der Waals surface area contributed by atoms with Crippen LogP contribution in [0.4, 0.5) is 0 Å². The number of aromatic nitrogens is 1. The fourth-order valence-electron chi connectivity index (χ4n) is 3.05. The number of carbonyl (C=O) groups is 1. The summed E-state index contributed by atoms with van der Waals surface area (Å²) in [5, 5.41) is 0. The van der Waals surface area contributed by atoms with E-state index in [0.29, 0.717) is 11.8 Å². The van der Waals surface area contributed by atoms with Crippen molar-refractivity contribution in [1.29, 1.82) is 0 Å². The van der Waals surface area contributed by atoms with Gasteiger partial charge in [0.25, 0.3) is 0 Å². The average Bonchev–Trinajstić information content (AvgIpc) is 2.83. The SMILES string of the molecule is CCC(CC)C(=O)N1C[C@@H](C)C[C@H]1c1cccnc1. The Morgan fingerprint density at radius 2 is 2.21 bits per heavy atom. The number of nitrogens with zero attached hydrogens (tertiary/aromatic N) is 2. The van der Waals surface area contributed by atoms with Crippen molar-refractivity contribution in [2.75, 3.05) is 6.54 Å². The van der Waals surface area contributed by atoms with Gasteiger partial charge in [0.05, 0.1) is 6.04 Å². The van der Waals surface area contributed by atoms with Crippen molar-refractivity contribution in [3.63, 3.8) is 0 Å². The minimum atomic E-state index is 0.171. The lowest BCUT2D eigenvalue weighted by atomic mass is 9.99. The lowest BCUT2D eigenvalue weighted by Gasteiger charge is -2.28. The molecule has 104 valence electrons. The summed E-state index contributed by atoms with van der Waals surface area (Å²) in [6.45, 7) is 7.31. The van der Waals surface area contributed by atoms with Gasteiger partial charge in [-0.25, -0.2) is 0 Å². The van der Waals surface area contributed by atoms with E-state index in [1.54, 1.807) is 6.20 Å². The molecule has 0 unspecified atom stereocenters. The van der Waals surface area contributed by atoms with Crippen LogP contribution in [0.5, 0.6) is 0 Å². The summed E-state index contributed by atoms with van der Waals surface area (Å²) in [5.74, 6) is 1.07. The fraction of sp³-hybridized carbons (Fsp3) is 0.625. The predicted octanol–water partition coefficient (Wildman–Crippen LogP) is 3.43. The van der Waals surface area contributed by atoms with Crippen molar-refractivity contribution in [1.82, 2.24) is 9.88 Å². The van der Waals surface area contributed by atoms with Crippen LogP contribution in [0, 0.1) is 11.8 Å². The van der Waals surface area contributed by atoms with Crippen LogP contribution in [0.1, 0.15) is 51.6 Å². The van der Waals surface area contributed by atoms with Crippen LogP contribution < -0.4 is 0 Å². The Kier molecular flexibility index (Phi) is 4.56. The van der Waals surface area contributed by atoms with Gasteiger partial charge in [0.1, 0.15) is 0 Å². The van der Waals surface area contributed by atoms with Crippen LogP contribution in [0.2, 0.25) is 0 Å².